The van der Waals surface area contributed by atoms with Gasteiger partial charge < -0.3 is 15.8 Å². The number of nitrogens with one attached hydrogen (secondary N) is 1. The van der Waals surface area contributed by atoms with Gasteiger partial charge in [0.15, 0.2) is 5.69 Å². The van der Waals surface area contributed by atoms with Crippen molar-refractivity contribution in [1.82, 2.24) is 9.78 Å². The zero-order chi connectivity index (χ0) is 24.1. The fourth-order valence-corrected chi connectivity index (χ4v) is 4.47. The molecule has 2 aliphatic rings. The Bertz CT molecular complexity index is 1130. The van der Waals surface area contributed by atoms with Crippen LogP contribution in [0.25, 0.3) is 0 Å². The van der Waals surface area contributed by atoms with E-state index in [4.69, 9.17) is 22.1 Å². The van der Waals surface area contributed by atoms with Crippen molar-refractivity contribution in [2.45, 2.75) is 37.0 Å². The molecule has 7 nitrogen and oxygen atoms in total. The number of nitrogens with two attached hydrogens (primary N) is 1. The number of amides is 1. The van der Waals surface area contributed by atoms with Crippen LogP contribution in [0.2, 0.25) is 5.02 Å². The van der Waals surface area contributed by atoms with Crippen molar-refractivity contribution in [1.29, 1.82) is 0 Å². The fraction of sp³-hybridized carbons (Fsp3) is 0.421. The molecule has 2 aromatic rings. The molecule has 1 saturated carbocycles. The SMILES string of the molecule is NC1=NC(CF)(c2cc(NC(=O)c3nn(C(F)F)cc3Cl)ccc2F)C2CC(F)(F)C[C@@H]2O1. The van der Waals surface area contributed by atoms with Gasteiger partial charge in [-0.1, -0.05) is 11.6 Å². The van der Waals surface area contributed by atoms with Crippen LogP contribution in [0.5, 0.6) is 0 Å². The van der Waals surface area contributed by atoms with Crippen molar-refractivity contribution in [3.63, 3.8) is 0 Å². The number of aliphatic imine (C=N–C) groups is 1. The number of amidine groups is 1. The van der Waals surface area contributed by atoms with Crippen molar-refractivity contribution in [3.8, 4) is 0 Å². The van der Waals surface area contributed by atoms with Crippen LogP contribution in [0.4, 0.5) is 32.0 Å². The third-order valence-electron chi connectivity index (χ3n) is 5.66. The molecule has 1 aromatic carbocycles. The molecule has 0 bridgehead atoms. The van der Waals surface area contributed by atoms with Crippen LogP contribution >= 0.6 is 11.6 Å². The third-order valence-corrected chi connectivity index (χ3v) is 5.94. The molecule has 3 N–H and O–H groups in total. The van der Waals surface area contributed by atoms with Gasteiger partial charge in [0.25, 0.3) is 17.9 Å². The highest BCUT2D eigenvalue weighted by molar-refractivity contribution is 6.34. The number of rotatable bonds is 5. The van der Waals surface area contributed by atoms with Gasteiger partial charge in [0.05, 0.1) is 11.2 Å². The molecule has 1 fully saturated rings. The minimum atomic E-state index is -3.20. The number of carbonyl (C=O) groups excluding carboxylic acids is 1. The Kier molecular flexibility index (Phi) is 5.71. The molecule has 1 amide bonds. The van der Waals surface area contributed by atoms with Crippen molar-refractivity contribution < 1.29 is 35.9 Å². The topological polar surface area (TPSA) is 94.5 Å². The summed E-state index contributed by atoms with van der Waals surface area (Å²) in [6.45, 7) is -4.41. The number of carbonyl (C=O) groups is 1. The number of hydrogen-bond acceptors (Lipinski definition) is 5. The summed E-state index contributed by atoms with van der Waals surface area (Å²) in [4.78, 5) is 16.3. The normalized spacial score (nSPS) is 26.0. The largest absolute Gasteiger partial charge is 0.461 e. The Labute approximate surface area is 187 Å². The van der Waals surface area contributed by atoms with Gasteiger partial charge in [-0.05, 0) is 18.2 Å². The number of anilines is 1. The average Bonchev–Trinajstić information content (AvgIpc) is 3.27. The zero-order valence-corrected chi connectivity index (χ0v) is 17.3. The third kappa shape index (κ3) is 4.09. The van der Waals surface area contributed by atoms with E-state index in [9.17, 15) is 31.1 Å². The Hall–Kier alpha value is -2.96. The summed E-state index contributed by atoms with van der Waals surface area (Å²) in [5, 5.41) is 5.31. The molecule has 0 spiro atoms. The van der Waals surface area contributed by atoms with Gasteiger partial charge in [0, 0.05) is 30.0 Å². The lowest BCUT2D eigenvalue weighted by Gasteiger charge is -2.40. The minimum Gasteiger partial charge on any atom is -0.461 e. The summed E-state index contributed by atoms with van der Waals surface area (Å²) < 4.78 is 88.3. The van der Waals surface area contributed by atoms with E-state index in [0.717, 1.165) is 24.4 Å². The number of halogens is 7. The van der Waals surface area contributed by atoms with Gasteiger partial charge in [0.1, 0.15) is 24.1 Å². The molecule has 3 atom stereocenters. The van der Waals surface area contributed by atoms with Crippen LogP contribution in [0.1, 0.15) is 35.4 Å². The number of ether oxygens (including phenoxy) is 1. The predicted molar refractivity (Wildman–Crippen MR) is 105 cm³/mol. The highest BCUT2D eigenvalue weighted by Crippen LogP contribution is 2.53. The number of hydrogen-bond donors (Lipinski definition) is 2. The summed E-state index contributed by atoms with van der Waals surface area (Å²) in [5.74, 6) is -6.41. The van der Waals surface area contributed by atoms with Crippen LogP contribution in [-0.2, 0) is 10.3 Å². The second-order valence-electron chi connectivity index (χ2n) is 7.77. The van der Waals surface area contributed by atoms with E-state index in [1.54, 1.807) is 0 Å². The fourth-order valence-electron chi connectivity index (χ4n) is 4.24. The van der Waals surface area contributed by atoms with Crippen LogP contribution in [0.15, 0.2) is 29.4 Å². The van der Waals surface area contributed by atoms with Crippen LogP contribution < -0.4 is 11.1 Å². The molecule has 2 heterocycles. The quantitative estimate of drug-likeness (QED) is 0.606. The van der Waals surface area contributed by atoms with Crippen molar-refractivity contribution in [2.24, 2.45) is 16.6 Å². The Morgan fingerprint density at radius 1 is 1.36 bits per heavy atom. The lowest BCUT2D eigenvalue weighted by atomic mass is 9.76. The number of aromatic nitrogens is 2. The Morgan fingerprint density at radius 3 is 2.73 bits per heavy atom. The maximum atomic E-state index is 14.8. The molecule has 0 saturated heterocycles. The van der Waals surface area contributed by atoms with E-state index in [-0.39, 0.29) is 15.4 Å². The van der Waals surface area contributed by atoms with Crippen LogP contribution in [-0.4, -0.2) is 40.4 Å². The molecule has 4 rings (SSSR count). The highest BCUT2D eigenvalue weighted by atomic mass is 35.5. The minimum absolute atomic E-state index is 0.103. The predicted octanol–water partition coefficient (Wildman–Crippen LogP) is 4.25. The van der Waals surface area contributed by atoms with E-state index < -0.39 is 78.6 Å². The van der Waals surface area contributed by atoms with Crippen molar-refractivity contribution in [3.05, 3.63) is 46.5 Å². The number of benzene rings is 1. The standard InChI is InChI=1S/C19H16ClF6N5O2/c20-11-6-31(16(23)24)30-14(11)15(32)28-8-1-2-12(22)9(3-8)19(7-21)10-4-18(25,26)5-13(10)33-17(27)29-19/h1-3,6,10,13,16H,4-5,7H2,(H2,27,29)(H,28,32)/t10?,13-,19?/m0/s1. The van der Waals surface area contributed by atoms with E-state index in [0.29, 0.717) is 0 Å². The lowest BCUT2D eigenvalue weighted by Crippen LogP contribution is -2.48. The van der Waals surface area contributed by atoms with Gasteiger partial charge in [-0.2, -0.15) is 13.9 Å². The first kappa shape index (κ1) is 23.2. The van der Waals surface area contributed by atoms with Crippen molar-refractivity contribution >= 4 is 29.2 Å². The van der Waals surface area contributed by atoms with Gasteiger partial charge in [-0.25, -0.2) is 27.2 Å². The molecule has 14 heteroatoms. The van der Waals surface area contributed by atoms with Gasteiger partial charge >= 0.3 is 6.55 Å². The molecule has 178 valence electrons. The van der Waals surface area contributed by atoms with E-state index in [1.807, 2.05) is 0 Å². The molecule has 33 heavy (non-hydrogen) atoms. The lowest BCUT2D eigenvalue weighted by molar-refractivity contribution is -0.00300. The smallest absolute Gasteiger partial charge is 0.333 e. The van der Waals surface area contributed by atoms with E-state index >= 15 is 0 Å². The van der Waals surface area contributed by atoms with Crippen molar-refractivity contribution in [2.75, 3.05) is 12.0 Å². The van der Waals surface area contributed by atoms with Gasteiger partial charge in [0.2, 0.25) is 0 Å². The number of nitrogens with zero attached hydrogens (tertiary/aromatic N) is 3. The van der Waals surface area contributed by atoms with Crippen LogP contribution in [0, 0.1) is 11.7 Å². The first-order chi connectivity index (χ1) is 15.5. The molecule has 1 aliphatic heterocycles. The highest BCUT2D eigenvalue weighted by Gasteiger charge is 2.60. The van der Waals surface area contributed by atoms with E-state index in [2.05, 4.69) is 15.4 Å². The number of alkyl halides is 5. The molecule has 2 unspecified atom stereocenters. The maximum absolute atomic E-state index is 14.8. The first-order valence-corrected chi connectivity index (χ1v) is 9.93. The summed E-state index contributed by atoms with van der Waals surface area (Å²) in [6, 6.07) is 2.43. The first-order valence-electron chi connectivity index (χ1n) is 9.56. The summed E-state index contributed by atoms with van der Waals surface area (Å²) in [6.07, 6.45) is -1.99. The summed E-state index contributed by atoms with van der Waals surface area (Å²) in [5.41, 5.74) is 2.41. The second kappa shape index (κ2) is 8.12. The van der Waals surface area contributed by atoms with Gasteiger partial charge in [-0.3, -0.25) is 4.79 Å². The summed E-state index contributed by atoms with van der Waals surface area (Å²) >= 11 is 5.77. The Morgan fingerprint density at radius 2 is 2.09 bits per heavy atom. The van der Waals surface area contributed by atoms with E-state index in [1.165, 1.54) is 0 Å². The monoisotopic (exact) mass is 495 g/mol. The molecular weight excluding hydrogens is 480 g/mol. The maximum Gasteiger partial charge on any atom is 0.333 e. The Balaban J connectivity index is 1.71. The number of fused-ring (bicyclic) bond motifs is 1. The van der Waals surface area contributed by atoms with Crippen LogP contribution in [0.3, 0.4) is 0 Å². The van der Waals surface area contributed by atoms with Gasteiger partial charge in [-0.15, -0.1) is 0 Å². The summed E-state index contributed by atoms with van der Waals surface area (Å²) in [7, 11) is 0. The second-order valence-corrected chi connectivity index (χ2v) is 8.17. The molecule has 0 radical (unpaired) electrons. The molecular formula is C19H16ClF6N5O2. The molecule has 1 aromatic heterocycles. The average molecular weight is 496 g/mol. The zero-order valence-electron chi connectivity index (χ0n) is 16.5. The molecule has 1 aliphatic carbocycles.